The number of hydrogen-bond donors (Lipinski definition) is 4. The minimum absolute atomic E-state index is 0.134. The molecule has 0 unspecified atom stereocenters. The van der Waals surface area contributed by atoms with Gasteiger partial charge in [-0.25, -0.2) is 19.6 Å². The van der Waals surface area contributed by atoms with Gasteiger partial charge < -0.3 is 39.9 Å². The van der Waals surface area contributed by atoms with E-state index in [1.165, 1.54) is 22.1 Å². The second-order valence-electron chi connectivity index (χ2n) is 19.9. The molecular weight excluding hydrogens is 909 g/mol. The number of thiophene rings is 2. The first kappa shape index (κ1) is 47.5. The fourth-order valence-electron chi connectivity index (χ4n) is 9.19. The molecular formula is C53H60N8O6S2. The Labute approximate surface area is 410 Å². The Bertz CT molecular complexity index is 3000. The number of rotatable bonds is 12. The van der Waals surface area contributed by atoms with E-state index in [0.717, 1.165) is 70.5 Å². The van der Waals surface area contributed by atoms with E-state index in [1.807, 2.05) is 89.9 Å². The van der Waals surface area contributed by atoms with E-state index < -0.39 is 29.9 Å². The van der Waals surface area contributed by atoms with Crippen molar-refractivity contribution in [1.82, 2.24) is 40.4 Å². The lowest BCUT2D eigenvalue weighted by Crippen LogP contribution is -2.53. The Kier molecular flexibility index (Phi) is 13.2. The molecule has 0 radical (unpaired) electrons. The average Bonchev–Trinajstić information content (AvgIpc) is 4.19. The number of alkyl carbamates (subject to hydrolysis) is 2. The van der Waals surface area contributed by atoms with E-state index in [2.05, 4.69) is 73.8 Å². The Morgan fingerprint density at radius 2 is 1.35 bits per heavy atom. The van der Waals surface area contributed by atoms with Gasteiger partial charge in [0.15, 0.2) is 0 Å². The van der Waals surface area contributed by atoms with Crippen molar-refractivity contribution in [3.63, 3.8) is 0 Å². The van der Waals surface area contributed by atoms with Crippen LogP contribution < -0.4 is 10.6 Å². The number of nitrogens with zero attached hydrogens (tertiary/aromatic N) is 4. The number of likely N-dealkylation sites (tertiary alicyclic amines) is 2. The van der Waals surface area contributed by atoms with Gasteiger partial charge in [-0.1, -0.05) is 95.3 Å². The van der Waals surface area contributed by atoms with Crippen LogP contribution in [0.25, 0.3) is 53.9 Å². The van der Waals surface area contributed by atoms with E-state index in [9.17, 15) is 19.2 Å². The van der Waals surface area contributed by atoms with Crippen LogP contribution in [0.3, 0.4) is 0 Å². The molecule has 3 aromatic carbocycles. The predicted octanol–water partition coefficient (Wildman–Crippen LogP) is 11.6. The molecule has 360 valence electrons. The quantitative estimate of drug-likeness (QED) is 0.0936. The first-order valence-corrected chi connectivity index (χ1v) is 25.4. The van der Waals surface area contributed by atoms with E-state index in [1.54, 1.807) is 27.6 Å². The summed E-state index contributed by atoms with van der Waals surface area (Å²) in [6.45, 7) is 14.8. The summed E-state index contributed by atoms with van der Waals surface area (Å²) in [4.78, 5) is 74.1. The van der Waals surface area contributed by atoms with Crippen molar-refractivity contribution >= 4 is 67.1 Å². The van der Waals surface area contributed by atoms with Crippen LogP contribution in [-0.4, -0.2) is 85.6 Å². The standard InChI is InChI=1S/C53H60N8O6S2/c1-30(2)42(58-51(65)67-53(6,7)52(3,4)5)48(62)61-25-13-17-41(61)47-55-37-23-22-34(26-38(37)56-47)36-29-69-44-35(28-68-45(36)44)31-18-20-32(21-19-31)39-27-54-46(57-39)40-16-12-24-60(40)49(63)43(59-50(64)66-8)33-14-10-9-11-15-33/h9-11,14-15,18-23,26-30,40-43H,12-13,16-17,24-25H2,1-8H3,(H,54,57)(H,55,56)(H,58,65)(H,59,64)/t40-,41-,42-,43+/m0/s1. The summed E-state index contributed by atoms with van der Waals surface area (Å²) in [6.07, 6.45) is 3.81. The molecule has 2 fully saturated rings. The van der Waals surface area contributed by atoms with Crippen LogP contribution in [0.15, 0.2) is 89.8 Å². The number of benzene rings is 3. The van der Waals surface area contributed by atoms with Crippen LogP contribution in [0, 0.1) is 11.3 Å². The zero-order valence-corrected chi connectivity index (χ0v) is 42.0. The van der Waals surface area contributed by atoms with Gasteiger partial charge in [-0.15, -0.1) is 22.7 Å². The normalized spacial score (nSPS) is 17.4. The largest absolute Gasteiger partial charge is 0.453 e. The van der Waals surface area contributed by atoms with Crippen molar-refractivity contribution in [3.05, 3.63) is 107 Å². The molecule has 4 N–H and O–H groups in total. The number of H-pyrrole nitrogens is 2. The summed E-state index contributed by atoms with van der Waals surface area (Å²) in [5.74, 6) is 0.962. The highest BCUT2D eigenvalue weighted by Crippen LogP contribution is 2.45. The first-order chi connectivity index (χ1) is 33.0. The highest BCUT2D eigenvalue weighted by Gasteiger charge is 2.41. The summed E-state index contributed by atoms with van der Waals surface area (Å²) in [6, 6.07) is 21.8. The number of hydrogen-bond acceptors (Lipinski definition) is 10. The Balaban J connectivity index is 0.886. The SMILES string of the molecule is COC(=O)N[C@@H](C(=O)N1CCC[C@H]1c1nc(-c2ccc(-c3csc4c(-c5ccc6[nH]c([C@@H]7CCCN7C(=O)[C@@H](NC(=O)OC(C)(C)C(C)(C)C)C(C)C)nc6c5)csc34)cc2)c[nH]1)c1ccccc1. The molecule has 2 aliphatic heterocycles. The summed E-state index contributed by atoms with van der Waals surface area (Å²) >= 11 is 3.46. The predicted molar refractivity (Wildman–Crippen MR) is 272 cm³/mol. The van der Waals surface area contributed by atoms with Crippen LogP contribution >= 0.6 is 22.7 Å². The Hall–Kier alpha value is -6.52. The number of imidazole rings is 2. The van der Waals surface area contributed by atoms with Gasteiger partial charge in [-0.3, -0.25) is 9.59 Å². The van der Waals surface area contributed by atoms with Crippen LogP contribution in [0.2, 0.25) is 0 Å². The maximum Gasteiger partial charge on any atom is 0.408 e. The molecule has 14 nitrogen and oxygen atoms in total. The molecule has 2 saturated heterocycles. The van der Waals surface area contributed by atoms with Gasteiger partial charge in [0.25, 0.3) is 5.91 Å². The molecule has 6 heterocycles. The molecule has 69 heavy (non-hydrogen) atoms. The van der Waals surface area contributed by atoms with E-state index >= 15 is 0 Å². The van der Waals surface area contributed by atoms with Crippen molar-refractivity contribution < 1.29 is 28.7 Å². The number of methoxy groups -OCH3 is 1. The maximum absolute atomic E-state index is 14.2. The van der Waals surface area contributed by atoms with E-state index in [0.29, 0.717) is 24.5 Å². The summed E-state index contributed by atoms with van der Waals surface area (Å²) in [5, 5.41) is 10.1. The molecule has 4 atom stereocenters. The molecule has 0 aliphatic carbocycles. The highest BCUT2D eigenvalue weighted by atomic mass is 32.1. The van der Waals surface area contributed by atoms with Crippen LogP contribution in [-0.2, 0) is 19.1 Å². The molecule has 7 aromatic rings. The second kappa shape index (κ2) is 19.1. The number of aromatic nitrogens is 4. The summed E-state index contributed by atoms with van der Waals surface area (Å²) < 4.78 is 13.1. The molecule has 4 amide bonds. The van der Waals surface area contributed by atoms with Crippen molar-refractivity contribution in [1.29, 1.82) is 0 Å². The van der Waals surface area contributed by atoms with Gasteiger partial charge >= 0.3 is 12.2 Å². The van der Waals surface area contributed by atoms with Gasteiger partial charge in [0, 0.05) is 52.2 Å². The van der Waals surface area contributed by atoms with E-state index in [4.69, 9.17) is 19.4 Å². The fourth-order valence-corrected chi connectivity index (χ4v) is 11.6. The number of aromatic amines is 2. The number of carbonyl (C=O) groups excluding carboxylic acids is 4. The molecule has 16 heteroatoms. The number of amides is 4. The van der Waals surface area contributed by atoms with Crippen LogP contribution in [0.4, 0.5) is 9.59 Å². The van der Waals surface area contributed by atoms with Crippen LogP contribution in [0.1, 0.15) is 109 Å². The van der Waals surface area contributed by atoms with Crippen molar-refractivity contribution in [2.45, 2.75) is 104 Å². The van der Waals surface area contributed by atoms with Crippen molar-refractivity contribution in [3.8, 4) is 33.5 Å². The van der Waals surface area contributed by atoms with E-state index in [-0.39, 0.29) is 35.2 Å². The molecule has 0 saturated carbocycles. The third kappa shape index (κ3) is 9.48. The number of nitrogens with one attached hydrogen (secondary N) is 4. The zero-order chi connectivity index (χ0) is 48.8. The molecule has 0 bridgehead atoms. The monoisotopic (exact) mass is 968 g/mol. The lowest BCUT2D eigenvalue weighted by atomic mass is 9.79. The first-order valence-electron chi connectivity index (χ1n) is 23.7. The van der Waals surface area contributed by atoms with Gasteiger partial charge in [0.05, 0.1) is 45.3 Å². The number of fused-ring (bicyclic) bond motifs is 2. The topological polar surface area (TPSA) is 175 Å². The third-order valence-corrected chi connectivity index (χ3v) is 16.2. The minimum atomic E-state index is -0.883. The second-order valence-corrected chi connectivity index (χ2v) is 21.7. The Morgan fingerprint density at radius 3 is 1.99 bits per heavy atom. The zero-order valence-electron chi connectivity index (χ0n) is 40.3. The number of carbonyl (C=O) groups is 4. The van der Waals surface area contributed by atoms with Gasteiger partial charge in [0.1, 0.15) is 29.3 Å². The summed E-state index contributed by atoms with van der Waals surface area (Å²) in [7, 11) is 1.29. The van der Waals surface area contributed by atoms with Crippen molar-refractivity contribution in [2.75, 3.05) is 20.2 Å². The molecule has 9 rings (SSSR count). The smallest absolute Gasteiger partial charge is 0.408 e. The van der Waals surface area contributed by atoms with Gasteiger partial charge in [0.2, 0.25) is 5.91 Å². The lowest BCUT2D eigenvalue weighted by molar-refractivity contribution is -0.136. The highest BCUT2D eigenvalue weighted by molar-refractivity contribution is 7.27. The average molecular weight is 969 g/mol. The molecule has 2 aliphatic rings. The van der Waals surface area contributed by atoms with Gasteiger partial charge in [-0.05, 0) is 74.3 Å². The van der Waals surface area contributed by atoms with Crippen LogP contribution in [0.5, 0.6) is 0 Å². The Morgan fingerprint density at radius 1 is 0.739 bits per heavy atom. The maximum atomic E-state index is 14.2. The number of ether oxygens (including phenoxy) is 2. The van der Waals surface area contributed by atoms with Crippen molar-refractivity contribution in [2.24, 2.45) is 11.3 Å². The van der Waals surface area contributed by atoms with Gasteiger partial charge in [-0.2, -0.15) is 0 Å². The summed E-state index contributed by atoms with van der Waals surface area (Å²) in [5.41, 5.74) is 7.64. The lowest BCUT2D eigenvalue weighted by Gasteiger charge is -2.38. The minimum Gasteiger partial charge on any atom is -0.453 e. The molecule has 0 spiro atoms. The fraction of sp³-hybridized carbons (Fsp3) is 0.396. The third-order valence-electron chi connectivity index (χ3n) is 14.1. The molecule has 4 aromatic heterocycles.